The van der Waals surface area contributed by atoms with Crippen LogP contribution in [0.15, 0.2) is 24.3 Å². The first kappa shape index (κ1) is 13.9. The van der Waals surface area contributed by atoms with E-state index < -0.39 is 0 Å². The third kappa shape index (κ3) is 3.06. The number of nitrogens with one attached hydrogen (secondary N) is 1. The lowest BCUT2D eigenvalue weighted by atomic mass is 10.1. The van der Waals surface area contributed by atoms with Crippen LogP contribution < -0.4 is 11.3 Å². The number of halogens is 1. The van der Waals surface area contributed by atoms with Crippen molar-refractivity contribution < 1.29 is 4.39 Å². The number of nitrogen functional groups attached to an aromatic ring is 1. The van der Waals surface area contributed by atoms with Crippen LogP contribution in [0.4, 0.5) is 9.39 Å². The first-order chi connectivity index (χ1) is 9.13. The minimum absolute atomic E-state index is 0.0616. The molecule has 0 amide bonds. The fourth-order valence-corrected chi connectivity index (χ4v) is 2.33. The van der Waals surface area contributed by atoms with Gasteiger partial charge in [-0.3, -0.25) is 4.90 Å². The normalized spacial score (nSPS) is 12.7. The summed E-state index contributed by atoms with van der Waals surface area (Å²) in [5, 5.41) is 4.75. The molecular formula is C12H16FN5S. The Morgan fingerprint density at radius 3 is 2.89 bits per heavy atom. The highest BCUT2D eigenvalue weighted by Crippen LogP contribution is 2.25. The maximum Gasteiger partial charge on any atom is 0.148 e. The number of aromatic nitrogens is 2. The highest BCUT2D eigenvalue weighted by atomic mass is 32.1. The molecule has 102 valence electrons. The molecule has 0 bridgehead atoms. The second-order valence-electron chi connectivity index (χ2n) is 4.31. The Labute approximate surface area is 115 Å². The van der Waals surface area contributed by atoms with E-state index in [1.807, 2.05) is 24.9 Å². The number of rotatable bonds is 5. The maximum atomic E-state index is 13.7. The van der Waals surface area contributed by atoms with E-state index in [0.717, 1.165) is 10.7 Å². The lowest BCUT2D eigenvalue weighted by Crippen LogP contribution is -2.23. The summed E-state index contributed by atoms with van der Waals surface area (Å²) in [5.74, 6) is 5.19. The Bertz CT molecular complexity index is 544. The van der Waals surface area contributed by atoms with Crippen molar-refractivity contribution in [3.05, 3.63) is 41.3 Å². The van der Waals surface area contributed by atoms with E-state index >= 15 is 0 Å². The van der Waals surface area contributed by atoms with Gasteiger partial charge in [-0.2, -0.15) is 0 Å². The molecule has 0 aliphatic heterocycles. The van der Waals surface area contributed by atoms with Gasteiger partial charge in [0.2, 0.25) is 0 Å². The summed E-state index contributed by atoms with van der Waals surface area (Å²) in [7, 11) is 1.91. The van der Waals surface area contributed by atoms with E-state index in [1.165, 1.54) is 17.6 Å². The third-order valence-electron chi connectivity index (χ3n) is 3.10. The second-order valence-corrected chi connectivity index (χ2v) is 5.06. The summed E-state index contributed by atoms with van der Waals surface area (Å²) in [6, 6.07) is 6.72. The zero-order valence-corrected chi connectivity index (χ0v) is 11.6. The van der Waals surface area contributed by atoms with Crippen LogP contribution in [0, 0.1) is 5.82 Å². The molecule has 5 nitrogen and oxygen atoms in total. The first-order valence-corrected chi connectivity index (χ1v) is 6.63. The Hall–Kier alpha value is -1.57. The first-order valence-electron chi connectivity index (χ1n) is 5.86. The van der Waals surface area contributed by atoms with Gasteiger partial charge in [0, 0.05) is 29.7 Å². The summed E-state index contributed by atoms with van der Waals surface area (Å²) in [6.45, 7) is 2.50. The van der Waals surface area contributed by atoms with Gasteiger partial charge in [0.15, 0.2) is 0 Å². The van der Waals surface area contributed by atoms with Gasteiger partial charge >= 0.3 is 0 Å². The van der Waals surface area contributed by atoms with Crippen molar-refractivity contribution in [3.63, 3.8) is 0 Å². The number of anilines is 1. The molecule has 0 fully saturated rings. The summed E-state index contributed by atoms with van der Waals surface area (Å²) in [4.78, 5) is 2.00. The van der Waals surface area contributed by atoms with E-state index in [4.69, 9.17) is 5.84 Å². The third-order valence-corrected chi connectivity index (χ3v) is 3.80. The summed E-state index contributed by atoms with van der Waals surface area (Å²) >= 11 is 1.20. The van der Waals surface area contributed by atoms with Gasteiger partial charge in [0.25, 0.3) is 0 Å². The van der Waals surface area contributed by atoms with E-state index in [1.54, 1.807) is 12.1 Å². The van der Waals surface area contributed by atoms with Crippen LogP contribution in [-0.2, 0) is 6.54 Å². The molecule has 1 atom stereocenters. The molecule has 1 aromatic heterocycles. The van der Waals surface area contributed by atoms with Crippen molar-refractivity contribution in [2.45, 2.75) is 19.5 Å². The van der Waals surface area contributed by atoms with Crippen molar-refractivity contribution in [1.82, 2.24) is 14.5 Å². The molecule has 7 heteroatoms. The molecule has 2 rings (SSSR count). The Morgan fingerprint density at radius 2 is 2.21 bits per heavy atom. The van der Waals surface area contributed by atoms with Crippen molar-refractivity contribution in [1.29, 1.82) is 0 Å². The monoisotopic (exact) mass is 281 g/mol. The van der Waals surface area contributed by atoms with Gasteiger partial charge in [-0.1, -0.05) is 22.7 Å². The largest absolute Gasteiger partial charge is 0.313 e. The molecule has 19 heavy (non-hydrogen) atoms. The average molecular weight is 281 g/mol. The number of nitrogens with zero attached hydrogens (tertiary/aromatic N) is 3. The van der Waals surface area contributed by atoms with Crippen LogP contribution in [0.3, 0.4) is 0 Å². The van der Waals surface area contributed by atoms with E-state index in [-0.39, 0.29) is 11.9 Å². The molecule has 0 radical (unpaired) electrons. The van der Waals surface area contributed by atoms with Crippen molar-refractivity contribution in [3.8, 4) is 0 Å². The Morgan fingerprint density at radius 1 is 1.47 bits per heavy atom. The van der Waals surface area contributed by atoms with Gasteiger partial charge in [-0.15, -0.1) is 5.10 Å². The van der Waals surface area contributed by atoms with Gasteiger partial charge in [-0.25, -0.2) is 10.2 Å². The minimum Gasteiger partial charge on any atom is -0.313 e. The molecule has 0 spiro atoms. The van der Waals surface area contributed by atoms with Crippen LogP contribution in [0.25, 0.3) is 0 Å². The molecule has 1 aromatic carbocycles. The van der Waals surface area contributed by atoms with Crippen molar-refractivity contribution in [2.24, 2.45) is 5.84 Å². The number of hydrazine groups is 1. The number of hydrogen-bond acceptors (Lipinski definition) is 6. The summed E-state index contributed by atoms with van der Waals surface area (Å²) in [5.41, 5.74) is 3.99. The van der Waals surface area contributed by atoms with Gasteiger partial charge in [0.1, 0.15) is 16.5 Å². The molecule has 1 unspecified atom stereocenters. The van der Waals surface area contributed by atoms with E-state index in [2.05, 4.69) is 15.0 Å². The predicted molar refractivity (Wildman–Crippen MR) is 74.0 cm³/mol. The molecule has 1 heterocycles. The standard InChI is InChI=1S/C12H16FN5S/c1-8(9-5-3-4-6-10(9)13)18(2)7-11-12(15-14)19-17-16-11/h3-6,8,15H,7,14H2,1-2H3. The Balaban J connectivity index is 2.12. The van der Waals surface area contributed by atoms with Crippen LogP contribution in [-0.4, -0.2) is 21.5 Å². The summed E-state index contributed by atoms with van der Waals surface area (Å²) < 4.78 is 17.6. The second kappa shape index (κ2) is 6.05. The fourth-order valence-electron chi connectivity index (χ4n) is 1.85. The number of benzene rings is 1. The van der Waals surface area contributed by atoms with Crippen molar-refractivity contribution >= 4 is 16.5 Å². The van der Waals surface area contributed by atoms with E-state index in [9.17, 15) is 4.39 Å². The molecule has 0 aliphatic rings. The molecule has 2 aromatic rings. The average Bonchev–Trinajstić information content (AvgIpc) is 2.85. The fraction of sp³-hybridized carbons (Fsp3) is 0.333. The molecule has 0 saturated carbocycles. The highest BCUT2D eigenvalue weighted by Gasteiger charge is 2.18. The Kier molecular flexibility index (Phi) is 4.41. The van der Waals surface area contributed by atoms with Crippen LogP contribution >= 0.6 is 11.5 Å². The predicted octanol–water partition coefficient (Wildman–Crippen LogP) is 2.16. The van der Waals surface area contributed by atoms with E-state index in [0.29, 0.717) is 12.1 Å². The van der Waals surface area contributed by atoms with Crippen LogP contribution in [0.1, 0.15) is 24.2 Å². The topological polar surface area (TPSA) is 67.1 Å². The number of hydrogen-bond donors (Lipinski definition) is 2. The van der Waals surface area contributed by atoms with Gasteiger partial charge < -0.3 is 5.43 Å². The van der Waals surface area contributed by atoms with Crippen LogP contribution in [0.5, 0.6) is 0 Å². The molecular weight excluding hydrogens is 265 g/mol. The molecule has 3 N–H and O–H groups in total. The van der Waals surface area contributed by atoms with Gasteiger partial charge in [-0.05, 0) is 20.0 Å². The summed E-state index contributed by atoms with van der Waals surface area (Å²) in [6.07, 6.45) is 0. The zero-order valence-electron chi connectivity index (χ0n) is 10.8. The lowest BCUT2D eigenvalue weighted by molar-refractivity contribution is 0.245. The lowest BCUT2D eigenvalue weighted by Gasteiger charge is -2.24. The van der Waals surface area contributed by atoms with Gasteiger partial charge in [0.05, 0.1) is 0 Å². The maximum absolute atomic E-state index is 13.7. The smallest absolute Gasteiger partial charge is 0.148 e. The zero-order chi connectivity index (χ0) is 13.8. The number of nitrogens with two attached hydrogens (primary N) is 1. The quantitative estimate of drug-likeness (QED) is 0.649. The molecule has 0 saturated heterocycles. The minimum atomic E-state index is -0.199. The molecule has 0 aliphatic carbocycles. The van der Waals surface area contributed by atoms with Crippen LogP contribution in [0.2, 0.25) is 0 Å². The SMILES string of the molecule is CC(c1ccccc1F)N(C)Cc1nnsc1NN. The highest BCUT2D eigenvalue weighted by molar-refractivity contribution is 7.10. The van der Waals surface area contributed by atoms with Crippen molar-refractivity contribution in [2.75, 3.05) is 12.5 Å².